The summed E-state index contributed by atoms with van der Waals surface area (Å²) in [5, 5.41) is 0. The van der Waals surface area contributed by atoms with Gasteiger partial charge in [-0.05, 0) is 44.2 Å². The van der Waals surface area contributed by atoms with Crippen LogP contribution in [-0.4, -0.2) is 30.4 Å². The van der Waals surface area contributed by atoms with Crippen molar-refractivity contribution in [1.82, 2.24) is 4.90 Å². The molecule has 0 radical (unpaired) electrons. The Morgan fingerprint density at radius 2 is 2.30 bits per heavy atom. The molecular formula is C16H22N2OS. The van der Waals surface area contributed by atoms with Crippen LogP contribution in [0, 0.1) is 24.7 Å². The monoisotopic (exact) mass is 290 g/mol. The van der Waals surface area contributed by atoms with E-state index in [1.165, 1.54) is 30.6 Å². The number of hydrogen-bond donors (Lipinski definition) is 1. The summed E-state index contributed by atoms with van der Waals surface area (Å²) in [6.07, 6.45) is 3.84. The van der Waals surface area contributed by atoms with Gasteiger partial charge in [-0.15, -0.1) is 11.3 Å². The van der Waals surface area contributed by atoms with Crippen LogP contribution in [0.25, 0.3) is 0 Å². The normalized spacial score (nSPS) is 14.3. The third kappa shape index (κ3) is 3.41. The summed E-state index contributed by atoms with van der Waals surface area (Å²) in [5.74, 6) is 6.75. The van der Waals surface area contributed by atoms with Crippen LogP contribution >= 0.6 is 11.3 Å². The molecule has 1 amide bonds. The van der Waals surface area contributed by atoms with Crippen molar-refractivity contribution >= 4 is 17.2 Å². The Labute approximate surface area is 125 Å². The molecule has 1 aromatic rings. The molecule has 1 aliphatic carbocycles. The molecule has 4 heteroatoms. The second-order valence-electron chi connectivity index (χ2n) is 5.27. The molecule has 0 atom stereocenters. The van der Waals surface area contributed by atoms with Crippen molar-refractivity contribution in [2.24, 2.45) is 11.7 Å². The van der Waals surface area contributed by atoms with Crippen LogP contribution in [0.15, 0.2) is 6.07 Å². The Hall–Kier alpha value is -1.31. The third-order valence-corrected chi connectivity index (χ3v) is 4.95. The zero-order chi connectivity index (χ0) is 14.5. The van der Waals surface area contributed by atoms with E-state index < -0.39 is 0 Å². The molecule has 0 aliphatic heterocycles. The predicted molar refractivity (Wildman–Crippen MR) is 83.9 cm³/mol. The quantitative estimate of drug-likeness (QED) is 0.867. The van der Waals surface area contributed by atoms with Gasteiger partial charge >= 0.3 is 0 Å². The van der Waals surface area contributed by atoms with Crippen LogP contribution in [0.4, 0.5) is 0 Å². The van der Waals surface area contributed by atoms with Gasteiger partial charge in [0.25, 0.3) is 5.91 Å². The number of carbonyl (C=O) groups excluding carboxylic acids is 1. The largest absolute Gasteiger partial charge is 0.338 e. The Balaban J connectivity index is 2.10. The minimum atomic E-state index is 0.147. The maximum absolute atomic E-state index is 12.6. The number of hydrogen-bond acceptors (Lipinski definition) is 3. The van der Waals surface area contributed by atoms with E-state index >= 15 is 0 Å². The minimum absolute atomic E-state index is 0.147. The Bertz CT molecular complexity index is 534. The zero-order valence-electron chi connectivity index (χ0n) is 12.2. The molecule has 0 bridgehead atoms. The minimum Gasteiger partial charge on any atom is -0.338 e. The molecule has 0 spiro atoms. The Morgan fingerprint density at radius 3 is 2.85 bits per heavy atom. The third-order valence-electron chi connectivity index (χ3n) is 3.80. The van der Waals surface area contributed by atoms with Crippen molar-refractivity contribution in [3.05, 3.63) is 21.4 Å². The standard InChI is InChI=1S/C16H22N2OS/c1-3-18(11-13-6-4-7-13)16(19)15-10-12(2)14(20-15)8-5-9-17/h10,13H,3-4,6-7,9,11,17H2,1-2H3. The first-order valence-corrected chi connectivity index (χ1v) is 8.06. The van der Waals surface area contributed by atoms with Gasteiger partial charge in [0.1, 0.15) is 0 Å². The van der Waals surface area contributed by atoms with Gasteiger partial charge < -0.3 is 10.6 Å². The lowest BCUT2D eigenvalue weighted by Gasteiger charge is -2.31. The maximum Gasteiger partial charge on any atom is 0.263 e. The Morgan fingerprint density at radius 1 is 1.55 bits per heavy atom. The van der Waals surface area contributed by atoms with Crippen molar-refractivity contribution in [2.75, 3.05) is 19.6 Å². The lowest BCUT2D eigenvalue weighted by Crippen LogP contribution is -2.36. The highest BCUT2D eigenvalue weighted by Crippen LogP contribution is 2.28. The van der Waals surface area contributed by atoms with E-state index in [0.29, 0.717) is 12.5 Å². The second-order valence-corrected chi connectivity index (χ2v) is 6.32. The van der Waals surface area contributed by atoms with Gasteiger partial charge in [-0.25, -0.2) is 0 Å². The first-order chi connectivity index (χ1) is 9.65. The summed E-state index contributed by atoms with van der Waals surface area (Å²) in [6, 6.07) is 1.96. The van der Waals surface area contributed by atoms with Gasteiger partial charge in [0.2, 0.25) is 0 Å². The average Bonchev–Trinajstić information content (AvgIpc) is 2.76. The summed E-state index contributed by atoms with van der Waals surface area (Å²) >= 11 is 1.48. The lowest BCUT2D eigenvalue weighted by atomic mass is 9.85. The highest BCUT2D eigenvalue weighted by molar-refractivity contribution is 7.14. The summed E-state index contributed by atoms with van der Waals surface area (Å²) < 4.78 is 0. The number of nitrogens with zero attached hydrogens (tertiary/aromatic N) is 1. The van der Waals surface area contributed by atoms with Crippen LogP contribution < -0.4 is 5.73 Å². The average molecular weight is 290 g/mol. The second kappa shape index (κ2) is 6.92. The van der Waals surface area contributed by atoms with E-state index in [1.807, 2.05) is 24.8 Å². The van der Waals surface area contributed by atoms with E-state index in [1.54, 1.807) is 0 Å². The van der Waals surface area contributed by atoms with E-state index in [2.05, 4.69) is 11.8 Å². The molecule has 1 fully saturated rings. The van der Waals surface area contributed by atoms with Crippen LogP contribution in [0.5, 0.6) is 0 Å². The van der Waals surface area contributed by atoms with E-state index in [0.717, 1.165) is 28.4 Å². The molecule has 2 rings (SSSR count). The highest BCUT2D eigenvalue weighted by Gasteiger charge is 2.24. The van der Waals surface area contributed by atoms with Crippen molar-refractivity contribution in [3.8, 4) is 11.8 Å². The van der Waals surface area contributed by atoms with Gasteiger partial charge in [0.05, 0.1) is 16.3 Å². The fourth-order valence-electron chi connectivity index (χ4n) is 2.34. The molecule has 0 unspecified atom stereocenters. The fourth-order valence-corrected chi connectivity index (χ4v) is 3.36. The van der Waals surface area contributed by atoms with Crippen LogP contribution in [0.1, 0.15) is 46.3 Å². The smallest absolute Gasteiger partial charge is 0.263 e. The number of aryl methyl sites for hydroxylation is 1. The molecule has 0 aromatic carbocycles. The van der Waals surface area contributed by atoms with Crippen molar-refractivity contribution in [1.29, 1.82) is 0 Å². The molecule has 3 nitrogen and oxygen atoms in total. The molecule has 20 heavy (non-hydrogen) atoms. The van der Waals surface area contributed by atoms with Crippen molar-refractivity contribution in [2.45, 2.75) is 33.1 Å². The van der Waals surface area contributed by atoms with Crippen LogP contribution in [-0.2, 0) is 0 Å². The number of rotatable bonds is 4. The topological polar surface area (TPSA) is 46.3 Å². The summed E-state index contributed by atoms with van der Waals surface area (Å²) in [6.45, 7) is 6.07. The van der Waals surface area contributed by atoms with Crippen molar-refractivity contribution in [3.63, 3.8) is 0 Å². The molecule has 1 aromatic heterocycles. The predicted octanol–water partition coefficient (Wildman–Crippen LogP) is 2.63. The molecular weight excluding hydrogens is 268 g/mol. The van der Waals surface area contributed by atoms with Crippen LogP contribution in [0.2, 0.25) is 0 Å². The summed E-state index contributed by atoms with van der Waals surface area (Å²) in [5.41, 5.74) is 6.46. The maximum atomic E-state index is 12.6. The number of carbonyl (C=O) groups is 1. The first kappa shape index (κ1) is 15.1. The molecule has 108 valence electrons. The molecule has 2 N–H and O–H groups in total. The molecule has 1 saturated carbocycles. The Kier molecular flexibility index (Phi) is 5.22. The van der Waals surface area contributed by atoms with Gasteiger partial charge in [-0.2, -0.15) is 0 Å². The SMILES string of the molecule is CCN(CC1CCC1)C(=O)c1cc(C)c(C#CCN)s1. The fraction of sp³-hybridized carbons (Fsp3) is 0.562. The summed E-state index contributed by atoms with van der Waals surface area (Å²) in [4.78, 5) is 16.3. The van der Waals surface area contributed by atoms with Gasteiger partial charge in [0, 0.05) is 13.1 Å². The highest BCUT2D eigenvalue weighted by atomic mass is 32.1. The summed E-state index contributed by atoms with van der Waals surface area (Å²) in [7, 11) is 0. The van der Waals surface area contributed by atoms with Crippen molar-refractivity contribution < 1.29 is 4.79 Å². The van der Waals surface area contributed by atoms with Gasteiger partial charge in [-0.1, -0.05) is 18.3 Å². The molecule has 1 heterocycles. The van der Waals surface area contributed by atoms with Crippen LogP contribution in [0.3, 0.4) is 0 Å². The number of amides is 1. The first-order valence-electron chi connectivity index (χ1n) is 7.24. The number of thiophene rings is 1. The zero-order valence-corrected chi connectivity index (χ0v) is 13.1. The van der Waals surface area contributed by atoms with Gasteiger partial charge in [-0.3, -0.25) is 4.79 Å². The molecule has 0 saturated heterocycles. The number of nitrogens with two attached hydrogens (primary N) is 1. The van der Waals surface area contributed by atoms with E-state index in [-0.39, 0.29) is 5.91 Å². The van der Waals surface area contributed by atoms with E-state index in [4.69, 9.17) is 5.73 Å². The lowest BCUT2D eigenvalue weighted by molar-refractivity contribution is 0.0711. The van der Waals surface area contributed by atoms with Gasteiger partial charge in [0.15, 0.2) is 0 Å². The molecule has 1 aliphatic rings. The van der Waals surface area contributed by atoms with E-state index in [9.17, 15) is 4.79 Å².